The maximum atomic E-state index is 13.4. The third-order valence-electron chi connectivity index (χ3n) is 6.04. The summed E-state index contributed by atoms with van der Waals surface area (Å²) >= 11 is 15.1. The van der Waals surface area contributed by atoms with Crippen LogP contribution < -0.4 is 16.0 Å². The highest BCUT2D eigenvalue weighted by Crippen LogP contribution is 2.28. The summed E-state index contributed by atoms with van der Waals surface area (Å²) in [5, 5.41) is 9.68. The smallest absolute Gasteiger partial charge is 0.272 e. The number of nitrogens with one attached hydrogen (secondary N) is 3. The zero-order chi connectivity index (χ0) is 30.3. The van der Waals surface area contributed by atoms with Crippen LogP contribution in [0.15, 0.2) is 102 Å². The van der Waals surface area contributed by atoms with Crippen LogP contribution in [-0.2, 0) is 9.59 Å². The van der Waals surface area contributed by atoms with E-state index in [4.69, 9.17) is 23.2 Å². The van der Waals surface area contributed by atoms with Gasteiger partial charge in [0.15, 0.2) is 5.13 Å². The zero-order valence-electron chi connectivity index (χ0n) is 22.7. The Kier molecular flexibility index (Phi) is 9.79. The number of anilines is 2. The van der Waals surface area contributed by atoms with Gasteiger partial charge >= 0.3 is 0 Å². The molecule has 1 aromatic heterocycles. The zero-order valence-corrected chi connectivity index (χ0v) is 25.8. The summed E-state index contributed by atoms with van der Waals surface area (Å²) in [7, 11) is 0. The van der Waals surface area contributed by atoms with Crippen LogP contribution in [0.3, 0.4) is 0 Å². The molecule has 5 aromatic rings. The van der Waals surface area contributed by atoms with Crippen molar-refractivity contribution in [1.82, 2.24) is 10.3 Å². The summed E-state index contributed by atoms with van der Waals surface area (Å²) in [5.41, 5.74) is 3.34. The maximum Gasteiger partial charge on any atom is 0.272 e. The molecule has 11 heteroatoms. The number of benzene rings is 4. The Hall–Kier alpha value is -4.15. The minimum atomic E-state index is -0.554. The first-order chi connectivity index (χ1) is 20.7. The molecule has 216 valence electrons. The van der Waals surface area contributed by atoms with Gasteiger partial charge in [0.2, 0.25) is 5.91 Å². The number of fused-ring (bicyclic) bond motifs is 1. The number of aromatic nitrogens is 1. The van der Waals surface area contributed by atoms with Gasteiger partial charge in [-0.15, -0.1) is 11.8 Å². The second-order valence-corrected chi connectivity index (χ2v) is 12.3. The molecule has 0 spiro atoms. The lowest BCUT2D eigenvalue weighted by atomic mass is 10.1. The van der Waals surface area contributed by atoms with Gasteiger partial charge in [0.1, 0.15) is 5.70 Å². The summed E-state index contributed by atoms with van der Waals surface area (Å²) < 4.78 is 1.01. The van der Waals surface area contributed by atoms with Crippen molar-refractivity contribution in [2.45, 2.75) is 11.8 Å². The predicted molar refractivity (Wildman–Crippen MR) is 177 cm³/mol. The Morgan fingerprint density at radius 1 is 0.907 bits per heavy atom. The van der Waals surface area contributed by atoms with Crippen molar-refractivity contribution in [3.05, 3.63) is 123 Å². The fourth-order valence-corrected chi connectivity index (χ4v) is 6.17. The average Bonchev–Trinajstić information content (AvgIpc) is 3.38. The fourth-order valence-electron chi connectivity index (χ4n) is 3.97. The summed E-state index contributed by atoms with van der Waals surface area (Å²) in [4.78, 5) is 44.2. The number of carbonyl (C=O) groups is 3. The first kappa shape index (κ1) is 30.3. The highest BCUT2D eigenvalue weighted by Gasteiger charge is 2.16. The number of carbonyl (C=O) groups excluding carboxylic acids is 3. The van der Waals surface area contributed by atoms with E-state index in [1.807, 2.05) is 31.2 Å². The summed E-state index contributed by atoms with van der Waals surface area (Å²) in [6.45, 7) is 2.01. The van der Waals surface area contributed by atoms with Crippen LogP contribution >= 0.6 is 46.3 Å². The van der Waals surface area contributed by atoms with Gasteiger partial charge in [-0.3, -0.25) is 14.4 Å². The fraction of sp³-hybridized carbons (Fsp3) is 0.0625. The third kappa shape index (κ3) is 8.24. The molecule has 7 nitrogen and oxygen atoms in total. The number of hydrogen-bond donors (Lipinski definition) is 3. The van der Waals surface area contributed by atoms with Gasteiger partial charge in [-0.25, -0.2) is 4.98 Å². The Morgan fingerprint density at radius 3 is 2.51 bits per heavy atom. The highest BCUT2D eigenvalue weighted by molar-refractivity contribution is 8.00. The van der Waals surface area contributed by atoms with E-state index in [2.05, 4.69) is 20.9 Å². The lowest BCUT2D eigenvalue weighted by Crippen LogP contribution is -2.30. The largest absolute Gasteiger partial charge is 0.321 e. The molecule has 0 saturated carbocycles. The van der Waals surface area contributed by atoms with Crippen molar-refractivity contribution in [1.29, 1.82) is 0 Å². The Morgan fingerprint density at radius 2 is 1.72 bits per heavy atom. The number of halogens is 2. The Balaban J connectivity index is 1.27. The number of aryl methyl sites for hydroxylation is 1. The molecule has 43 heavy (non-hydrogen) atoms. The molecule has 0 saturated heterocycles. The molecule has 0 fully saturated rings. The van der Waals surface area contributed by atoms with Crippen LogP contribution in [-0.4, -0.2) is 28.5 Å². The first-order valence-electron chi connectivity index (χ1n) is 13.0. The monoisotopic (exact) mass is 646 g/mol. The lowest BCUT2D eigenvalue weighted by molar-refractivity contribution is -0.114. The van der Waals surface area contributed by atoms with Gasteiger partial charge in [0.05, 0.1) is 16.0 Å². The van der Waals surface area contributed by atoms with Crippen LogP contribution in [0.5, 0.6) is 0 Å². The molecule has 0 aliphatic heterocycles. The van der Waals surface area contributed by atoms with Crippen molar-refractivity contribution >= 4 is 91.1 Å². The second-order valence-electron chi connectivity index (χ2n) is 9.35. The number of thiazole rings is 1. The van der Waals surface area contributed by atoms with Gasteiger partial charge in [0.25, 0.3) is 11.8 Å². The number of hydrogen-bond acceptors (Lipinski definition) is 6. The number of rotatable bonds is 9. The number of amides is 3. The molecular weight excluding hydrogens is 623 g/mol. The Bertz CT molecular complexity index is 1860. The van der Waals surface area contributed by atoms with Gasteiger partial charge in [-0.1, -0.05) is 70.9 Å². The van der Waals surface area contributed by atoms with Crippen molar-refractivity contribution in [3.8, 4) is 0 Å². The summed E-state index contributed by atoms with van der Waals surface area (Å²) in [6, 6.07) is 26.5. The molecule has 4 aromatic carbocycles. The normalized spacial score (nSPS) is 11.3. The molecule has 0 atom stereocenters. The summed E-state index contributed by atoms with van der Waals surface area (Å²) in [5.74, 6) is -1.05. The highest BCUT2D eigenvalue weighted by atomic mass is 35.5. The van der Waals surface area contributed by atoms with Crippen molar-refractivity contribution < 1.29 is 14.4 Å². The standard InChI is InChI=1S/C32H24Cl2N4O3S2/c1-19-10-13-26-28(14-19)43-32(37-26)38-29(39)18-42-24-9-5-8-23(17-24)35-31(41)27(15-21-11-12-22(33)16-25(21)34)36-30(40)20-6-3-2-4-7-20/h2-17H,18H2,1H3,(H,35,41)(H,36,40)(H,37,38,39)/b27-15+. The van der Waals surface area contributed by atoms with Gasteiger partial charge < -0.3 is 16.0 Å². The molecule has 3 amide bonds. The molecule has 0 bridgehead atoms. The average molecular weight is 648 g/mol. The molecule has 5 rings (SSSR count). The summed E-state index contributed by atoms with van der Waals surface area (Å²) in [6.07, 6.45) is 1.49. The minimum absolute atomic E-state index is 0.0125. The van der Waals surface area contributed by atoms with Crippen molar-refractivity contribution in [3.63, 3.8) is 0 Å². The topological polar surface area (TPSA) is 100 Å². The van der Waals surface area contributed by atoms with E-state index < -0.39 is 11.8 Å². The van der Waals surface area contributed by atoms with E-state index in [0.717, 1.165) is 20.7 Å². The van der Waals surface area contributed by atoms with E-state index in [1.165, 1.54) is 29.2 Å². The molecule has 0 aliphatic carbocycles. The molecular formula is C32H24Cl2N4O3S2. The van der Waals surface area contributed by atoms with Crippen LogP contribution in [0.2, 0.25) is 10.0 Å². The van der Waals surface area contributed by atoms with Gasteiger partial charge in [-0.2, -0.15) is 0 Å². The number of nitrogens with zero attached hydrogens (tertiary/aromatic N) is 1. The predicted octanol–water partition coefficient (Wildman–Crippen LogP) is 8.05. The molecule has 1 heterocycles. The van der Waals surface area contributed by atoms with Crippen LogP contribution in [0, 0.1) is 6.92 Å². The Labute approximate surface area is 266 Å². The van der Waals surface area contributed by atoms with Crippen molar-refractivity contribution in [2.24, 2.45) is 0 Å². The third-order valence-corrected chi connectivity index (χ3v) is 8.53. The van der Waals surface area contributed by atoms with Gasteiger partial charge in [-0.05, 0) is 78.7 Å². The van der Waals surface area contributed by atoms with Gasteiger partial charge in [0, 0.05) is 26.2 Å². The quantitative estimate of drug-likeness (QED) is 0.111. The molecule has 3 N–H and O–H groups in total. The van der Waals surface area contributed by atoms with Crippen LogP contribution in [0.25, 0.3) is 16.3 Å². The second kappa shape index (κ2) is 13.9. The molecule has 0 aliphatic rings. The van der Waals surface area contributed by atoms with E-state index in [9.17, 15) is 14.4 Å². The SMILES string of the molecule is Cc1ccc2nc(NC(=O)CSc3cccc(NC(=O)/C(=C\c4ccc(Cl)cc4Cl)NC(=O)c4ccccc4)c3)sc2c1. The van der Waals surface area contributed by atoms with E-state index in [1.54, 1.807) is 66.7 Å². The first-order valence-corrected chi connectivity index (χ1v) is 15.5. The van der Waals surface area contributed by atoms with Crippen LogP contribution in [0.4, 0.5) is 10.8 Å². The lowest BCUT2D eigenvalue weighted by Gasteiger charge is -2.12. The van der Waals surface area contributed by atoms with E-state index in [0.29, 0.717) is 32.0 Å². The van der Waals surface area contributed by atoms with Crippen LogP contribution in [0.1, 0.15) is 21.5 Å². The number of thioether (sulfide) groups is 1. The van der Waals surface area contributed by atoms with E-state index in [-0.39, 0.29) is 17.4 Å². The molecule has 0 unspecified atom stereocenters. The minimum Gasteiger partial charge on any atom is -0.321 e. The molecule has 0 radical (unpaired) electrons. The van der Waals surface area contributed by atoms with Crippen molar-refractivity contribution in [2.75, 3.05) is 16.4 Å². The van der Waals surface area contributed by atoms with E-state index >= 15 is 0 Å². The maximum absolute atomic E-state index is 13.4.